The van der Waals surface area contributed by atoms with E-state index in [0.29, 0.717) is 11.5 Å². The molecule has 4 nitrogen and oxygen atoms in total. The molecule has 21 heavy (non-hydrogen) atoms. The third-order valence-electron chi connectivity index (χ3n) is 3.83. The number of halogens is 2. The van der Waals surface area contributed by atoms with Gasteiger partial charge in [-0.1, -0.05) is 31.9 Å². The molecule has 1 aromatic carbocycles. The van der Waals surface area contributed by atoms with Crippen LogP contribution < -0.4 is 11.1 Å². The minimum Gasteiger partial charge on any atom is -0.352 e. The minimum atomic E-state index is -0.0126. The molecule has 3 N–H and O–H groups in total. The summed E-state index contributed by atoms with van der Waals surface area (Å²) in [5.74, 6) is 0.556. The Balaban J connectivity index is 1.79. The van der Waals surface area contributed by atoms with Crippen molar-refractivity contribution in [3.8, 4) is 0 Å². The van der Waals surface area contributed by atoms with Gasteiger partial charge in [-0.2, -0.15) is 0 Å². The molecule has 6 heteroatoms. The first kappa shape index (κ1) is 16.9. The van der Waals surface area contributed by atoms with Gasteiger partial charge in [0.15, 0.2) is 0 Å². The highest BCUT2D eigenvalue weighted by Crippen LogP contribution is 2.20. The van der Waals surface area contributed by atoms with E-state index in [4.69, 9.17) is 5.73 Å². The van der Waals surface area contributed by atoms with Crippen LogP contribution in [0.3, 0.4) is 0 Å². The van der Waals surface area contributed by atoms with Crippen LogP contribution in [0.1, 0.15) is 23.2 Å². The number of nitrogens with zero attached hydrogens (tertiary/aromatic N) is 1. The maximum atomic E-state index is 12.2. The number of nitrogens with one attached hydrogen (secondary N) is 1. The molecule has 1 amide bonds. The van der Waals surface area contributed by atoms with Gasteiger partial charge in [-0.15, -0.1) is 0 Å². The fourth-order valence-electron chi connectivity index (χ4n) is 2.62. The summed E-state index contributed by atoms with van der Waals surface area (Å²) >= 11 is 6.81. The van der Waals surface area contributed by atoms with Crippen LogP contribution in [0.25, 0.3) is 0 Å². The van der Waals surface area contributed by atoms with Crippen molar-refractivity contribution in [2.24, 2.45) is 11.7 Å². The van der Waals surface area contributed by atoms with Gasteiger partial charge in [0.05, 0.1) is 0 Å². The van der Waals surface area contributed by atoms with E-state index in [9.17, 15) is 4.79 Å². The van der Waals surface area contributed by atoms with E-state index in [1.165, 1.54) is 0 Å². The van der Waals surface area contributed by atoms with Crippen LogP contribution >= 0.6 is 31.9 Å². The minimum absolute atomic E-state index is 0.0126. The average Bonchev–Trinajstić information content (AvgIpc) is 2.45. The zero-order valence-corrected chi connectivity index (χ0v) is 15.1. The molecule has 1 saturated heterocycles. The van der Waals surface area contributed by atoms with Crippen LogP contribution in [0.4, 0.5) is 0 Å². The number of carbonyl (C=O) groups is 1. The molecule has 1 fully saturated rings. The molecule has 0 aromatic heterocycles. The Morgan fingerprint density at radius 1 is 1.24 bits per heavy atom. The van der Waals surface area contributed by atoms with Gasteiger partial charge in [0.1, 0.15) is 0 Å². The molecule has 1 aliphatic heterocycles. The first-order chi connectivity index (χ1) is 10.1. The summed E-state index contributed by atoms with van der Waals surface area (Å²) in [6, 6.07) is 5.60. The Bertz CT molecular complexity index is 468. The van der Waals surface area contributed by atoms with Crippen LogP contribution in [-0.4, -0.2) is 43.5 Å². The lowest BCUT2D eigenvalue weighted by Gasteiger charge is -2.31. The molecule has 0 radical (unpaired) electrons. The second-order valence-electron chi connectivity index (χ2n) is 5.44. The summed E-state index contributed by atoms with van der Waals surface area (Å²) < 4.78 is 1.80. The zero-order chi connectivity index (χ0) is 15.2. The van der Waals surface area contributed by atoms with Crippen LogP contribution in [-0.2, 0) is 0 Å². The predicted molar refractivity (Wildman–Crippen MR) is 92.4 cm³/mol. The van der Waals surface area contributed by atoms with Gasteiger partial charge < -0.3 is 16.0 Å². The monoisotopic (exact) mass is 417 g/mol. The smallest absolute Gasteiger partial charge is 0.251 e. The lowest BCUT2D eigenvalue weighted by Crippen LogP contribution is -2.40. The summed E-state index contributed by atoms with van der Waals surface area (Å²) in [6.07, 6.45) is 2.25. The summed E-state index contributed by atoms with van der Waals surface area (Å²) in [7, 11) is 0. The van der Waals surface area contributed by atoms with Crippen molar-refractivity contribution >= 4 is 37.8 Å². The number of amides is 1. The second-order valence-corrected chi connectivity index (χ2v) is 7.27. The van der Waals surface area contributed by atoms with E-state index in [-0.39, 0.29) is 5.91 Å². The SMILES string of the molecule is NCCN1CCC(CNC(=O)c2cc(Br)cc(Br)c2)CC1. The van der Waals surface area contributed by atoms with Crippen molar-refractivity contribution in [3.05, 3.63) is 32.7 Å². The van der Waals surface area contributed by atoms with Gasteiger partial charge in [-0.3, -0.25) is 4.79 Å². The number of carbonyl (C=O) groups excluding carboxylic acids is 1. The normalized spacial score (nSPS) is 16.9. The lowest BCUT2D eigenvalue weighted by atomic mass is 9.96. The highest BCUT2D eigenvalue weighted by Gasteiger charge is 2.19. The van der Waals surface area contributed by atoms with Gasteiger partial charge in [0, 0.05) is 34.1 Å². The van der Waals surface area contributed by atoms with Gasteiger partial charge in [0.2, 0.25) is 0 Å². The lowest BCUT2D eigenvalue weighted by molar-refractivity contribution is 0.0936. The molecular formula is C15H21Br2N3O. The summed E-state index contributed by atoms with van der Waals surface area (Å²) in [5, 5.41) is 3.05. The number of hydrogen-bond acceptors (Lipinski definition) is 3. The maximum Gasteiger partial charge on any atom is 0.251 e. The van der Waals surface area contributed by atoms with E-state index in [0.717, 1.165) is 54.5 Å². The Kier molecular flexibility index (Phi) is 6.67. The topological polar surface area (TPSA) is 58.4 Å². The number of rotatable bonds is 5. The Hall–Kier alpha value is -0.430. The van der Waals surface area contributed by atoms with Crippen molar-refractivity contribution in [1.29, 1.82) is 0 Å². The number of benzene rings is 1. The first-order valence-electron chi connectivity index (χ1n) is 7.25. The third kappa shape index (κ3) is 5.36. The molecule has 1 aliphatic rings. The van der Waals surface area contributed by atoms with Crippen molar-refractivity contribution in [2.45, 2.75) is 12.8 Å². The van der Waals surface area contributed by atoms with Gasteiger partial charge >= 0.3 is 0 Å². The highest BCUT2D eigenvalue weighted by atomic mass is 79.9. The van der Waals surface area contributed by atoms with E-state index < -0.39 is 0 Å². The van der Waals surface area contributed by atoms with Gasteiger partial charge in [-0.25, -0.2) is 0 Å². The summed E-state index contributed by atoms with van der Waals surface area (Å²) in [4.78, 5) is 14.6. The molecule has 0 aliphatic carbocycles. The van der Waals surface area contributed by atoms with Crippen LogP contribution in [0.15, 0.2) is 27.1 Å². The number of piperidine rings is 1. The molecule has 0 unspecified atom stereocenters. The Morgan fingerprint density at radius 3 is 2.43 bits per heavy atom. The van der Waals surface area contributed by atoms with E-state index in [1.54, 1.807) is 0 Å². The highest BCUT2D eigenvalue weighted by molar-refractivity contribution is 9.11. The average molecular weight is 419 g/mol. The third-order valence-corrected chi connectivity index (χ3v) is 4.74. The molecule has 0 bridgehead atoms. The van der Waals surface area contributed by atoms with Crippen LogP contribution in [0.2, 0.25) is 0 Å². The quantitative estimate of drug-likeness (QED) is 0.772. The molecular weight excluding hydrogens is 398 g/mol. The molecule has 2 rings (SSSR count). The molecule has 0 saturated carbocycles. The van der Waals surface area contributed by atoms with Crippen molar-refractivity contribution in [3.63, 3.8) is 0 Å². The van der Waals surface area contributed by atoms with E-state index in [1.807, 2.05) is 18.2 Å². The van der Waals surface area contributed by atoms with Crippen molar-refractivity contribution < 1.29 is 4.79 Å². The largest absolute Gasteiger partial charge is 0.352 e. The van der Waals surface area contributed by atoms with Crippen molar-refractivity contribution in [1.82, 2.24) is 10.2 Å². The fourth-order valence-corrected chi connectivity index (χ4v) is 3.91. The zero-order valence-electron chi connectivity index (χ0n) is 11.9. The first-order valence-corrected chi connectivity index (χ1v) is 8.84. The van der Waals surface area contributed by atoms with Crippen molar-refractivity contribution in [2.75, 3.05) is 32.7 Å². The predicted octanol–water partition coefficient (Wildman–Crippen LogP) is 2.61. The second kappa shape index (κ2) is 8.27. The number of likely N-dealkylation sites (tertiary alicyclic amines) is 1. The standard InChI is InChI=1S/C15H21Br2N3O/c16-13-7-12(8-14(17)9-13)15(21)19-10-11-1-4-20(5-2-11)6-3-18/h7-9,11H,1-6,10,18H2,(H,19,21). The molecule has 0 atom stereocenters. The Morgan fingerprint density at radius 2 is 1.86 bits per heavy atom. The Labute approximate surface area is 142 Å². The molecule has 116 valence electrons. The summed E-state index contributed by atoms with van der Waals surface area (Å²) in [6.45, 7) is 4.62. The number of hydrogen-bond donors (Lipinski definition) is 2. The molecule has 1 aromatic rings. The maximum absolute atomic E-state index is 12.2. The van der Waals surface area contributed by atoms with Crippen LogP contribution in [0.5, 0.6) is 0 Å². The van der Waals surface area contributed by atoms with E-state index in [2.05, 4.69) is 42.1 Å². The molecule has 0 spiro atoms. The fraction of sp³-hybridized carbons (Fsp3) is 0.533. The van der Waals surface area contributed by atoms with Gasteiger partial charge in [-0.05, 0) is 50.0 Å². The van der Waals surface area contributed by atoms with Gasteiger partial charge in [0.25, 0.3) is 5.91 Å². The number of nitrogens with two attached hydrogens (primary N) is 1. The summed E-state index contributed by atoms with van der Waals surface area (Å²) in [5.41, 5.74) is 6.25. The van der Waals surface area contributed by atoms with Crippen LogP contribution in [0, 0.1) is 5.92 Å². The molecule has 1 heterocycles. The van der Waals surface area contributed by atoms with E-state index >= 15 is 0 Å².